The summed E-state index contributed by atoms with van der Waals surface area (Å²) in [5.74, 6) is 1.73. The zero-order valence-electron chi connectivity index (χ0n) is 13.5. The van der Waals surface area contributed by atoms with Gasteiger partial charge in [0.05, 0.1) is 12.8 Å². The van der Waals surface area contributed by atoms with Crippen molar-refractivity contribution in [2.45, 2.75) is 24.7 Å². The van der Waals surface area contributed by atoms with Gasteiger partial charge in [-0.1, -0.05) is 0 Å². The van der Waals surface area contributed by atoms with Crippen LogP contribution in [0.1, 0.15) is 19.8 Å². The highest BCUT2D eigenvalue weighted by molar-refractivity contribution is 7.89. The van der Waals surface area contributed by atoms with E-state index < -0.39 is 10.0 Å². The third-order valence-corrected chi connectivity index (χ3v) is 5.65. The lowest BCUT2D eigenvalue weighted by Crippen LogP contribution is -2.27. The SMILES string of the molecule is CCOc1ccc(Oc2ccc(S(=O)(=O)N3CCCC3)cn2)cc1. The van der Waals surface area contributed by atoms with Crippen LogP contribution in [0, 0.1) is 0 Å². The van der Waals surface area contributed by atoms with Gasteiger partial charge in [-0.2, -0.15) is 4.31 Å². The number of sulfonamides is 1. The summed E-state index contributed by atoms with van der Waals surface area (Å²) >= 11 is 0. The highest BCUT2D eigenvalue weighted by Crippen LogP contribution is 2.25. The molecule has 0 unspecified atom stereocenters. The lowest BCUT2D eigenvalue weighted by Gasteiger charge is -2.15. The van der Waals surface area contributed by atoms with Crippen LogP contribution in [-0.2, 0) is 10.0 Å². The zero-order chi connectivity index (χ0) is 17.0. The van der Waals surface area contributed by atoms with E-state index in [0.717, 1.165) is 18.6 Å². The summed E-state index contributed by atoms with van der Waals surface area (Å²) in [5.41, 5.74) is 0. The molecule has 0 spiro atoms. The molecule has 0 bridgehead atoms. The Hall–Kier alpha value is -2.12. The molecular formula is C17H20N2O4S. The lowest BCUT2D eigenvalue weighted by atomic mass is 10.3. The summed E-state index contributed by atoms with van der Waals surface area (Å²) in [4.78, 5) is 4.31. The molecule has 1 aromatic heterocycles. The standard InChI is InChI=1S/C17H20N2O4S/c1-2-22-14-5-7-15(8-6-14)23-17-10-9-16(13-18-17)24(20,21)19-11-3-4-12-19/h5-10,13H,2-4,11-12H2,1H3. The van der Waals surface area contributed by atoms with Crippen LogP contribution in [0.5, 0.6) is 17.4 Å². The van der Waals surface area contributed by atoms with Gasteiger partial charge in [0.15, 0.2) is 0 Å². The molecule has 0 amide bonds. The van der Waals surface area contributed by atoms with Crippen molar-refractivity contribution < 1.29 is 17.9 Å². The van der Waals surface area contributed by atoms with Gasteiger partial charge in [-0.25, -0.2) is 13.4 Å². The van der Waals surface area contributed by atoms with Crippen LogP contribution in [0.15, 0.2) is 47.5 Å². The summed E-state index contributed by atoms with van der Waals surface area (Å²) in [5, 5.41) is 0. The molecule has 3 rings (SSSR count). The lowest BCUT2D eigenvalue weighted by molar-refractivity contribution is 0.339. The van der Waals surface area contributed by atoms with Gasteiger partial charge in [-0.3, -0.25) is 0 Å². The monoisotopic (exact) mass is 348 g/mol. The Labute approximate surface area is 142 Å². The van der Waals surface area contributed by atoms with Gasteiger partial charge in [0.1, 0.15) is 16.4 Å². The van der Waals surface area contributed by atoms with Crippen molar-refractivity contribution in [3.63, 3.8) is 0 Å². The van der Waals surface area contributed by atoms with Gasteiger partial charge < -0.3 is 9.47 Å². The molecule has 0 saturated carbocycles. The number of benzene rings is 1. The maximum absolute atomic E-state index is 12.4. The Kier molecular flexibility index (Phi) is 5.01. The van der Waals surface area contributed by atoms with Gasteiger partial charge >= 0.3 is 0 Å². The van der Waals surface area contributed by atoms with Gasteiger partial charge in [0.25, 0.3) is 0 Å². The molecule has 0 N–H and O–H groups in total. The third-order valence-electron chi connectivity index (χ3n) is 3.77. The summed E-state index contributed by atoms with van der Waals surface area (Å²) in [6.45, 7) is 3.68. The summed E-state index contributed by atoms with van der Waals surface area (Å²) in [6, 6.07) is 10.3. The number of pyridine rings is 1. The average Bonchev–Trinajstić information content (AvgIpc) is 3.13. The van der Waals surface area contributed by atoms with E-state index in [4.69, 9.17) is 9.47 Å². The molecular weight excluding hydrogens is 328 g/mol. The van der Waals surface area contributed by atoms with Crippen molar-refractivity contribution in [1.29, 1.82) is 0 Å². The number of nitrogens with zero attached hydrogens (tertiary/aromatic N) is 2. The first-order valence-corrected chi connectivity index (χ1v) is 9.40. The van der Waals surface area contributed by atoms with Gasteiger partial charge in [0.2, 0.25) is 15.9 Å². The summed E-state index contributed by atoms with van der Waals surface area (Å²) in [6.07, 6.45) is 3.16. The predicted octanol–water partition coefficient (Wildman–Crippen LogP) is 3.06. The third kappa shape index (κ3) is 3.68. The van der Waals surface area contributed by atoms with Crippen molar-refractivity contribution in [1.82, 2.24) is 9.29 Å². The van der Waals surface area contributed by atoms with E-state index in [0.29, 0.717) is 31.3 Å². The van der Waals surface area contributed by atoms with Crippen molar-refractivity contribution in [3.05, 3.63) is 42.6 Å². The van der Waals surface area contributed by atoms with E-state index in [1.807, 2.05) is 19.1 Å². The van der Waals surface area contributed by atoms with Crippen LogP contribution >= 0.6 is 0 Å². The smallest absolute Gasteiger partial charge is 0.244 e. The van der Waals surface area contributed by atoms with E-state index in [1.165, 1.54) is 16.6 Å². The van der Waals surface area contributed by atoms with E-state index in [-0.39, 0.29) is 4.90 Å². The largest absolute Gasteiger partial charge is 0.494 e. The number of aromatic nitrogens is 1. The Bertz CT molecular complexity index is 767. The fourth-order valence-corrected chi connectivity index (χ4v) is 4.01. The van der Waals surface area contributed by atoms with E-state index >= 15 is 0 Å². The molecule has 0 atom stereocenters. The molecule has 1 saturated heterocycles. The van der Waals surface area contributed by atoms with Crippen molar-refractivity contribution in [3.8, 4) is 17.4 Å². The number of hydrogen-bond donors (Lipinski definition) is 0. The van der Waals surface area contributed by atoms with Gasteiger partial charge in [-0.05, 0) is 50.1 Å². The molecule has 2 aromatic rings. The van der Waals surface area contributed by atoms with Crippen LogP contribution in [-0.4, -0.2) is 37.4 Å². The highest BCUT2D eigenvalue weighted by Gasteiger charge is 2.27. The second kappa shape index (κ2) is 7.19. The Balaban J connectivity index is 1.70. The van der Waals surface area contributed by atoms with E-state index in [9.17, 15) is 8.42 Å². The number of hydrogen-bond acceptors (Lipinski definition) is 5. The van der Waals surface area contributed by atoms with Crippen LogP contribution in [0.2, 0.25) is 0 Å². The van der Waals surface area contributed by atoms with Crippen LogP contribution in [0.25, 0.3) is 0 Å². The van der Waals surface area contributed by atoms with Crippen molar-refractivity contribution in [2.75, 3.05) is 19.7 Å². The molecule has 0 aliphatic carbocycles. The second-order valence-corrected chi connectivity index (χ2v) is 7.39. The molecule has 1 fully saturated rings. The quantitative estimate of drug-likeness (QED) is 0.802. The predicted molar refractivity (Wildman–Crippen MR) is 89.9 cm³/mol. The number of ether oxygens (including phenoxy) is 2. The van der Waals surface area contributed by atoms with E-state index in [2.05, 4.69) is 4.98 Å². The molecule has 1 aliphatic rings. The number of rotatable bonds is 6. The maximum Gasteiger partial charge on any atom is 0.244 e. The Morgan fingerprint density at radius 2 is 1.71 bits per heavy atom. The van der Waals surface area contributed by atoms with Crippen LogP contribution in [0.3, 0.4) is 0 Å². The summed E-state index contributed by atoms with van der Waals surface area (Å²) in [7, 11) is -3.44. The molecule has 24 heavy (non-hydrogen) atoms. The normalized spacial score (nSPS) is 15.4. The molecule has 7 heteroatoms. The zero-order valence-corrected chi connectivity index (χ0v) is 14.3. The Morgan fingerprint density at radius 3 is 2.29 bits per heavy atom. The first-order chi connectivity index (χ1) is 11.6. The minimum atomic E-state index is -3.44. The van der Waals surface area contributed by atoms with Crippen molar-refractivity contribution in [2.24, 2.45) is 0 Å². The summed E-state index contributed by atoms with van der Waals surface area (Å²) < 4.78 is 37.4. The molecule has 128 valence electrons. The molecule has 1 aromatic carbocycles. The van der Waals surface area contributed by atoms with E-state index in [1.54, 1.807) is 18.2 Å². The molecule has 6 nitrogen and oxygen atoms in total. The highest BCUT2D eigenvalue weighted by atomic mass is 32.2. The minimum absolute atomic E-state index is 0.198. The molecule has 1 aliphatic heterocycles. The first kappa shape index (κ1) is 16.7. The van der Waals surface area contributed by atoms with Gasteiger partial charge in [0, 0.05) is 19.2 Å². The minimum Gasteiger partial charge on any atom is -0.494 e. The molecule has 0 radical (unpaired) electrons. The maximum atomic E-state index is 12.4. The first-order valence-electron chi connectivity index (χ1n) is 7.96. The van der Waals surface area contributed by atoms with Crippen molar-refractivity contribution >= 4 is 10.0 Å². The fraction of sp³-hybridized carbons (Fsp3) is 0.353. The Morgan fingerprint density at radius 1 is 1.04 bits per heavy atom. The molecule has 2 heterocycles. The topological polar surface area (TPSA) is 68.7 Å². The second-order valence-electron chi connectivity index (χ2n) is 5.45. The van der Waals surface area contributed by atoms with Crippen LogP contribution in [0.4, 0.5) is 0 Å². The van der Waals surface area contributed by atoms with Gasteiger partial charge in [-0.15, -0.1) is 0 Å². The fourth-order valence-electron chi connectivity index (χ4n) is 2.55. The average molecular weight is 348 g/mol. The van der Waals surface area contributed by atoms with Crippen LogP contribution < -0.4 is 9.47 Å².